The molecular weight excluding hydrogens is 324 g/mol. The fraction of sp³-hybridized carbons (Fsp3) is 0.250. The van der Waals surface area contributed by atoms with Gasteiger partial charge < -0.3 is 0 Å². The van der Waals surface area contributed by atoms with Crippen molar-refractivity contribution in [2.75, 3.05) is 0 Å². The fourth-order valence-electron chi connectivity index (χ4n) is 1.27. The summed E-state index contributed by atoms with van der Waals surface area (Å²) in [6, 6.07) is 3.35. The molecule has 2 aromatic heterocycles. The van der Waals surface area contributed by atoms with Gasteiger partial charge in [0.05, 0.1) is 12.2 Å². The summed E-state index contributed by atoms with van der Waals surface area (Å²) in [5.74, 6) is 0. The van der Waals surface area contributed by atoms with E-state index in [1.54, 1.807) is 12.1 Å². The van der Waals surface area contributed by atoms with Crippen molar-refractivity contribution in [1.82, 2.24) is 29.9 Å². The minimum Gasteiger partial charge on any atom is -0.235 e. The van der Waals surface area contributed by atoms with Crippen LogP contribution in [0.1, 0.15) is 5.69 Å². The van der Waals surface area contributed by atoms with Gasteiger partial charge in [0.25, 0.3) is 10.0 Å². The van der Waals surface area contributed by atoms with Crippen molar-refractivity contribution in [3.63, 3.8) is 0 Å². The van der Waals surface area contributed by atoms with Crippen molar-refractivity contribution in [3.8, 4) is 0 Å². The number of hydrogen-bond donors (Lipinski definition) is 1. The van der Waals surface area contributed by atoms with Gasteiger partial charge >= 0.3 is 0 Å². The molecule has 0 atom stereocenters. The van der Waals surface area contributed by atoms with Gasteiger partial charge in [0.15, 0.2) is 4.60 Å². The summed E-state index contributed by atoms with van der Waals surface area (Å²) in [5, 5.41) is 14.6. The number of aromatic nitrogens is 5. The Hall–Kier alpha value is -1.39. The molecule has 0 aromatic carbocycles. The number of halogens is 1. The van der Waals surface area contributed by atoms with Gasteiger partial charge in [0, 0.05) is 13.2 Å². The highest BCUT2D eigenvalue weighted by atomic mass is 79.9. The monoisotopic (exact) mass is 332 g/mol. The minimum atomic E-state index is -3.70. The van der Waals surface area contributed by atoms with Gasteiger partial charge in [-0.1, -0.05) is 5.21 Å². The van der Waals surface area contributed by atoms with Crippen LogP contribution < -0.4 is 4.72 Å². The van der Waals surface area contributed by atoms with Crippen LogP contribution in [0.3, 0.4) is 0 Å². The molecule has 10 heteroatoms. The maximum Gasteiger partial charge on any atom is 0.260 e. The third-order valence-corrected chi connectivity index (χ3v) is 4.35. The Bertz CT molecular complexity index is 621. The zero-order chi connectivity index (χ0) is 13.2. The Kier molecular flexibility index (Phi) is 3.68. The SMILES string of the molecule is Cn1nnc(Br)c1S(=O)(=O)NCc1cccnn1. The van der Waals surface area contributed by atoms with E-state index >= 15 is 0 Å². The third-order valence-electron chi connectivity index (χ3n) is 2.06. The smallest absolute Gasteiger partial charge is 0.235 e. The van der Waals surface area contributed by atoms with Crippen LogP contribution in [0.2, 0.25) is 0 Å². The summed E-state index contributed by atoms with van der Waals surface area (Å²) < 4.78 is 27.8. The third kappa shape index (κ3) is 2.71. The van der Waals surface area contributed by atoms with Crippen molar-refractivity contribution in [2.45, 2.75) is 11.6 Å². The van der Waals surface area contributed by atoms with Crippen molar-refractivity contribution in [3.05, 3.63) is 28.6 Å². The first kappa shape index (κ1) is 13.1. The van der Waals surface area contributed by atoms with E-state index in [0.29, 0.717) is 5.69 Å². The quantitative estimate of drug-likeness (QED) is 0.834. The van der Waals surface area contributed by atoms with Gasteiger partial charge in [-0.2, -0.15) is 10.2 Å². The Balaban J connectivity index is 2.19. The molecule has 2 aromatic rings. The molecule has 0 radical (unpaired) electrons. The van der Waals surface area contributed by atoms with E-state index in [4.69, 9.17) is 0 Å². The molecule has 0 bridgehead atoms. The van der Waals surface area contributed by atoms with Gasteiger partial charge in [-0.05, 0) is 28.1 Å². The summed E-state index contributed by atoms with van der Waals surface area (Å²) in [6.45, 7) is 0.0494. The van der Waals surface area contributed by atoms with E-state index in [-0.39, 0.29) is 16.2 Å². The van der Waals surface area contributed by atoms with E-state index in [2.05, 4.69) is 41.2 Å². The lowest BCUT2D eigenvalue weighted by atomic mass is 10.4. The Morgan fingerprint density at radius 3 is 2.78 bits per heavy atom. The summed E-state index contributed by atoms with van der Waals surface area (Å²) in [4.78, 5) is 0. The Morgan fingerprint density at radius 1 is 1.44 bits per heavy atom. The number of rotatable bonds is 4. The molecule has 96 valence electrons. The molecule has 0 saturated carbocycles. The molecule has 2 heterocycles. The molecule has 0 unspecified atom stereocenters. The normalized spacial score (nSPS) is 11.7. The van der Waals surface area contributed by atoms with E-state index < -0.39 is 10.0 Å². The second kappa shape index (κ2) is 5.08. The molecule has 0 saturated heterocycles. The molecule has 0 aliphatic heterocycles. The highest BCUT2D eigenvalue weighted by Gasteiger charge is 2.23. The lowest BCUT2D eigenvalue weighted by molar-refractivity contribution is 0.559. The first-order valence-corrected chi connectivity index (χ1v) is 7.10. The summed E-state index contributed by atoms with van der Waals surface area (Å²) in [7, 11) is -2.21. The number of aryl methyl sites for hydroxylation is 1. The fourth-order valence-corrected chi connectivity index (χ4v) is 3.36. The summed E-state index contributed by atoms with van der Waals surface area (Å²) in [5.41, 5.74) is 0.521. The van der Waals surface area contributed by atoms with Crippen LogP contribution in [0.4, 0.5) is 0 Å². The highest BCUT2D eigenvalue weighted by Crippen LogP contribution is 2.17. The lowest BCUT2D eigenvalue weighted by Crippen LogP contribution is -2.26. The summed E-state index contributed by atoms with van der Waals surface area (Å²) >= 11 is 3.04. The van der Waals surface area contributed by atoms with Crippen LogP contribution >= 0.6 is 15.9 Å². The maximum atomic E-state index is 12.0. The molecule has 0 spiro atoms. The van der Waals surface area contributed by atoms with E-state index in [1.165, 1.54) is 17.9 Å². The standard InChI is InChI=1S/C8H9BrN6O2S/c1-15-8(7(9)13-14-15)18(16,17)11-5-6-3-2-4-10-12-6/h2-4,11H,5H2,1H3. The lowest BCUT2D eigenvalue weighted by Gasteiger charge is -2.05. The Labute approximate surface area is 112 Å². The second-order valence-corrected chi connectivity index (χ2v) is 5.78. The van der Waals surface area contributed by atoms with E-state index in [0.717, 1.165) is 0 Å². The largest absolute Gasteiger partial charge is 0.260 e. The zero-order valence-corrected chi connectivity index (χ0v) is 11.7. The number of sulfonamides is 1. The molecule has 0 fully saturated rings. The van der Waals surface area contributed by atoms with Gasteiger partial charge in [-0.15, -0.1) is 5.10 Å². The van der Waals surface area contributed by atoms with Crippen molar-refractivity contribution in [1.29, 1.82) is 0 Å². The molecule has 1 N–H and O–H groups in total. The minimum absolute atomic E-state index is 0.0357. The van der Waals surface area contributed by atoms with Crippen LogP contribution in [0.5, 0.6) is 0 Å². The predicted octanol–water partition coefficient (Wildman–Crippen LogP) is -0.154. The zero-order valence-electron chi connectivity index (χ0n) is 9.28. The van der Waals surface area contributed by atoms with Crippen LogP contribution in [0, 0.1) is 0 Å². The second-order valence-electron chi connectivity index (χ2n) is 3.35. The molecule has 2 rings (SSSR count). The predicted molar refractivity (Wildman–Crippen MR) is 64.8 cm³/mol. The van der Waals surface area contributed by atoms with Crippen molar-refractivity contribution >= 4 is 26.0 Å². The maximum absolute atomic E-state index is 12.0. The Morgan fingerprint density at radius 2 is 2.22 bits per heavy atom. The first-order valence-electron chi connectivity index (χ1n) is 4.82. The molecule has 18 heavy (non-hydrogen) atoms. The average Bonchev–Trinajstić information content (AvgIpc) is 2.69. The first-order chi connectivity index (χ1) is 8.50. The van der Waals surface area contributed by atoms with Crippen molar-refractivity contribution < 1.29 is 8.42 Å². The highest BCUT2D eigenvalue weighted by molar-refractivity contribution is 9.10. The number of nitrogens with zero attached hydrogens (tertiary/aromatic N) is 5. The van der Waals surface area contributed by atoms with E-state index in [9.17, 15) is 8.42 Å². The van der Waals surface area contributed by atoms with Crippen LogP contribution in [-0.2, 0) is 23.6 Å². The number of hydrogen-bond acceptors (Lipinski definition) is 6. The van der Waals surface area contributed by atoms with Crippen LogP contribution in [0.15, 0.2) is 28.0 Å². The van der Waals surface area contributed by atoms with E-state index in [1.807, 2.05) is 0 Å². The van der Waals surface area contributed by atoms with Gasteiger partial charge in [-0.3, -0.25) is 0 Å². The molecule has 0 aliphatic rings. The molecule has 8 nitrogen and oxygen atoms in total. The van der Waals surface area contributed by atoms with Crippen molar-refractivity contribution in [2.24, 2.45) is 7.05 Å². The number of nitrogens with one attached hydrogen (secondary N) is 1. The molecule has 0 amide bonds. The van der Waals surface area contributed by atoms with Gasteiger partial charge in [-0.25, -0.2) is 17.8 Å². The molecule has 0 aliphatic carbocycles. The average molecular weight is 333 g/mol. The topological polar surface area (TPSA) is 103 Å². The summed E-state index contributed by atoms with van der Waals surface area (Å²) in [6.07, 6.45) is 1.51. The molecular formula is C8H9BrN6O2S. The van der Waals surface area contributed by atoms with Gasteiger partial charge in [0.2, 0.25) is 5.03 Å². The van der Waals surface area contributed by atoms with Crippen LogP contribution in [-0.4, -0.2) is 33.6 Å². The van der Waals surface area contributed by atoms with Crippen LogP contribution in [0.25, 0.3) is 0 Å². The van der Waals surface area contributed by atoms with Gasteiger partial charge in [0.1, 0.15) is 0 Å².